The first-order chi connectivity index (χ1) is 13.6. The lowest BCUT2D eigenvalue weighted by atomic mass is 9.87. The van der Waals surface area contributed by atoms with Gasteiger partial charge in [0.05, 0.1) is 12.0 Å². The summed E-state index contributed by atoms with van der Waals surface area (Å²) in [6.45, 7) is 21.5. The summed E-state index contributed by atoms with van der Waals surface area (Å²) in [7, 11) is 0. The average molecular weight is 427 g/mol. The number of rotatable bonds is 12. The third-order valence-corrected chi connectivity index (χ3v) is 5.69. The normalized spacial score (nSPS) is 12.5. The van der Waals surface area contributed by atoms with Gasteiger partial charge in [-0.2, -0.15) is 0 Å². The van der Waals surface area contributed by atoms with Crippen LogP contribution < -0.4 is 0 Å². The molecule has 176 valence electrons. The van der Waals surface area contributed by atoms with Crippen LogP contribution in [0.4, 0.5) is 0 Å². The summed E-state index contributed by atoms with van der Waals surface area (Å²) in [5.74, 6) is -0.00390. The van der Waals surface area contributed by atoms with Gasteiger partial charge in [-0.15, -0.1) is 0 Å². The van der Waals surface area contributed by atoms with E-state index in [0.717, 1.165) is 12.8 Å². The first kappa shape index (κ1) is 28.4. The summed E-state index contributed by atoms with van der Waals surface area (Å²) in [4.78, 5) is 40.5. The summed E-state index contributed by atoms with van der Waals surface area (Å²) in [6, 6.07) is 0. The van der Waals surface area contributed by atoms with Crippen LogP contribution in [0.5, 0.6) is 0 Å². The van der Waals surface area contributed by atoms with Gasteiger partial charge in [0.25, 0.3) is 0 Å². The van der Waals surface area contributed by atoms with E-state index in [4.69, 9.17) is 4.74 Å². The highest BCUT2D eigenvalue weighted by atomic mass is 16.5. The fraction of sp³-hybridized carbons (Fsp3) is 0.875. The third kappa shape index (κ3) is 9.05. The summed E-state index contributed by atoms with van der Waals surface area (Å²) >= 11 is 0. The first-order valence-corrected chi connectivity index (χ1v) is 11.3. The van der Waals surface area contributed by atoms with Crippen LogP contribution in [0, 0.1) is 10.8 Å². The van der Waals surface area contributed by atoms with Crippen molar-refractivity contribution in [3.8, 4) is 0 Å². The first-order valence-electron chi connectivity index (χ1n) is 11.3. The van der Waals surface area contributed by atoms with E-state index >= 15 is 0 Å². The topological polar surface area (TPSA) is 66.9 Å². The van der Waals surface area contributed by atoms with Gasteiger partial charge in [0.1, 0.15) is 0 Å². The summed E-state index contributed by atoms with van der Waals surface area (Å²) in [6.07, 6.45) is 2.91. The number of carbonyl (C=O) groups excluding carboxylic acids is 3. The Labute approximate surface area is 184 Å². The molecular weight excluding hydrogens is 380 g/mol. The molecule has 0 aliphatic rings. The largest absolute Gasteiger partial charge is 0.465 e. The minimum Gasteiger partial charge on any atom is -0.465 e. The molecule has 0 radical (unpaired) electrons. The van der Waals surface area contributed by atoms with Crippen molar-refractivity contribution in [1.29, 1.82) is 0 Å². The van der Waals surface area contributed by atoms with E-state index in [-0.39, 0.29) is 23.3 Å². The van der Waals surface area contributed by atoms with Crippen molar-refractivity contribution < 1.29 is 19.1 Å². The fourth-order valence-corrected chi connectivity index (χ4v) is 3.77. The smallest absolute Gasteiger partial charge is 0.311 e. The van der Waals surface area contributed by atoms with E-state index < -0.39 is 10.8 Å². The molecule has 0 bridgehead atoms. The molecule has 0 aliphatic carbocycles. The maximum absolute atomic E-state index is 12.6. The Kier molecular flexibility index (Phi) is 11.1. The zero-order valence-corrected chi connectivity index (χ0v) is 21.2. The molecular formula is C24H46N2O4. The van der Waals surface area contributed by atoms with Crippen molar-refractivity contribution in [3.05, 3.63) is 0 Å². The molecule has 0 atom stereocenters. The Morgan fingerprint density at radius 3 is 1.83 bits per heavy atom. The molecule has 0 saturated heterocycles. The van der Waals surface area contributed by atoms with Gasteiger partial charge in [-0.05, 0) is 67.2 Å². The van der Waals surface area contributed by atoms with Gasteiger partial charge in [-0.3, -0.25) is 14.4 Å². The second-order valence-electron chi connectivity index (χ2n) is 10.4. The quantitative estimate of drug-likeness (QED) is 0.336. The van der Waals surface area contributed by atoms with Gasteiger partial charge < -0.3 is 14.5 Å². The second kappa shape index (κ2) is 11.7. The van der Waals surface area contributed by atoms with E-state index in [1.165, 1.54) is 0 Å². The second-order valence-corrected chi connectivity index (χ2v) is 10.4. The molecule has 6 heteroatoms. The minimum atomic E-state index is -0.589. The van der Waals surface area contributed by atoms with E-state index in [2.05, 4.69) is 0 Å². The standard InChI is InChI=1S/C24H46N2O4/c1-11-25(20(28)22(4,5)6)17-13-15-23(7,8)21(29)30-18-14-16-24(9,10)26(12-2)19(3)27/h11-18H2,1-10H3. The lowest BCUT2D eigenvalue weighted by Gasteiger charge is -2.37. The molecule has 0 saturated carbocycles. The Morgan fingerprint density at radius 1 is 0.833 bits per heavy atom. The zero-order valence-electron chi connectivity index (χ0n) is 21.2. The van der Waals surface area contributed by atoms with Crippen LogP contribution in [0.25, 0.3) is 0 Å². The third-order valence-electron chi connectivity index (χ3n) is 5.69. The Bertz CT molecular complexity index is 576. The van der Waals surface area contributed by atoms with Crippen LogP contribution in [-0.2, 0) is 19.1 Å². The Morgan fingerprint density at radius 2 is 1.40 bits per heavy atom. The highest BCUT2D eigenvalue weighted by molar-refractivity contribution is 5.81. The van der Waals surface area contributed by atoms with Crippen LogP contribution in [0.3, 0.4) is 0 Å². The molecule has 0 unspecified atom stereocenters. The molecule has 0 heterocycles. The number of ether oxygens (including phenoxy) is 1. The van der Waals surface area contributed by atoms with Gasteiger partial charge in [0.2, 0.25) is 11.8 Å². The molecule has 2 amide bonds. The van der Waals surface area contributed by atoms with Crippen LogP contribution >= 0.6 is 0 Å². The molecule has 0 N–H and O–H groups in total. The predicted molar refractivity (Wildman–Crippen MR) is 122 cm³/mol. The Hall–Kier alpha value is -1.59. The molecule has 0 aromatic rings. The van der Waals surface area contributed by atoms with Crippen molar-refractivity contribution in [3.63, 3.8) is 0 Å². The van der Waals surface area contributed by atoms with E-state index in [1.54, 1.807) is 6.92 Å². The SMILES string of the molecule is CCN(CCCC(C)(C)C(=O)OCCCC(C)(C)N(CC)C(C)=O)C(=O)C(C)(C)C. The number of hydrogen-bond acceptors (Lipinski definition) is 4. The van der Waals surface area contributed by atoms with Crippen molar-refractivity contribution in [2.45, 2.75) is 100 Å². The van der Waals surface area contributed by atoms with Crippen LogP contribution in [0.15, 0.2) is 0 Å². The van der Waals surface area contributed by atoms with Crippen LogP contribution in [0.2, 0.25) is 0 Å². The van der Waals surface area contributed by atoms with Crippen molar-refractivity contribution in [2.24, 2.45) is 10.8 Å². The summed E-state index contributed by atoms with van der Waals surface area (Å²) in [5, 5.41) is 0. The van der Waals surface area contributed by atoms with Crippen molar-refractivity contribution in [1.82, 2.24) is 9.80 Å². The van der Waals surface area contributed by atoms with E-state index in [9.17, 15) is 14.4 Å². The summed E-state index contributed by atoms with van der Waals surface area (Å²) in [5.41, 5.74) is -1.24. The monoisotopic (exact) mass is 426 g/mol. The fourth-order valence-electron chi connectivity index (χ4n) is 3.77. The van der Waals surface area contributed by atoms with E-state index in [0.29, 0.717) is 39.1 Å². The number of nitrogens with zero attached hydrogens (tertiary/aromatic N) is 2. The summed E-state index contributed by atoms with van der Waals surface area (Å²) < 4.78 is 5.54. The van der Waals surface area contributed by atoms with Gasteiger partial charge in [0.15, 0.2) is 0 Å². The molecule has 0 aromatic carbocycles. The maximum atomic E-state index is 12.6. The maximum Gasteiger partial charge on any atom is 0.311 e. The highest BCUT2D eigenvalue weighted by Crippen LogP contribution is 2.26. The lowest BCUT2D eigenvalue weighted by Crippen LogP contribution is -2.46. The highest BCUT2D eigenvalue weighted by Gasteiger charge is 2.31. The molecule has 6 nitrogen and oxygen atoms in total. The number of carbonyl (C=O) groups is 3. The van der Waals surface area contributed by atoms with Gasteiger partial charge in [-0.25, -0.2) is 0 Å². The molecule has 0 spiro atoms. The van der Waals surface area contributed by atoms with E-state index in [1.807, 2.05) is 72.1 Å². The predicted octanol–water partition coefficient (Wildman–Crippen LogP) is 4.66. The molecule has 0 aliphatic heterocycles. The Balaban J connectivity index is 4.51. The van der Waals surface area contributed by atoms with Gasteiger partial charge in [-0.1, -0.05) is 20.8 Å². The lowest BCUT2D eigenvalue weighted by molar-refractivity contribution is -0.155. The minimum absolute atomic E-state index is 0.0618. The average Bonchev–Trinajstić information content (AvgIpc) is 2.60. The number of hydrogen-bond donors (Lipinski definition) is 0. The number of amides is 2. The molecule has 30 heavy (non-hydrogen) atoms. The van der Waals surface area contributed by atoms with Crippen molar-refractivity contribution >= 4 is 17.8 Å². The zero-order chi connectivity index (χ0) is 23.8. The molecule has 0 rings (SSSR count). The van der Waals surface area contributed by atoms with Crippen molar-refractivity contribution in [2.75, 3.05) is 26.2 Å². The molecule has 0 aromatic heterocycles. The van der Waals surface area contributed by atoms with Gasteiger partial charge >= 0.3 is 5.97 Å². The number of esters is 1. The van der Waals surface area contributed by atoms with Crippen LogP contribution in [-0.4, -0.2) is 59.4 Å². The van der Waals surface area contributed by atoms with Gasteiger partial charge in [0, 0.05) is 37.5 Å². The molecule has 0 fully saturated rings. The van der Waals surface area contributed by atoms with Crippen LogP contribution in [0.1, 0.15) is 94.9 Å².